The number of aliphatic hydroxyl groups is 1. The number of hydrogen-bond donors (Lipinski definition) is 2. The molecule has 0 aliphatic heterocycles. The molecule has 1 aromatic carbocycles. The lowest BCUT2D eigenvalue weighted by Gasteiger charge is -2.17. The largest absolute Gasteiger partial charge is 0.391 e. The summed E-state index contributed by atoms with van der Waals surface area (Å²) in [6, 6.07) is 4.77. The number of anilines is 1. The smallest absolute Gasteiger partial charge is 0.146 e. The summed E-state index contributed by atoms with van der Waals surface area (Å²) in [4.78, 5) is 0. The fourth-order valence-electron chi connectivity index (χ4n) is 2.57. The van der Waals surface area contributed by atoms with Crippen LogP contribution in [0.1, 0.15) is 32.1 Å². The second kappa shape index (κ2) is 6.53. The molecule has 0 saturated heterocycles. The van der Waals surface area contributed by atoms with E-state index in [1.54, 1.807) is 12.1 Å². The Morgan fingerprint density at radius 2 is 2.11 bits per heavy atom. The minimum atomic E-state index is -0.397. The zero-order chi connectivity index (χ0) is 13.0. The van der Waals surface area contributed by atoms with Crippen molar-refractivity contribution in [3.8, 4) is 0 Å². The number of halogens is 2. The standard InChI is InChI=1S/C14H19BrFNO/c15-11-5-6-13(16)14(8-11)17-9-12(18)7-10-3-1-2-4-10/h5-6,8,10,12,17-18H,1-4,7,9H2. The summed E-state index contributed by atoms with van der Waals surface area (Å²) in [5.41, 5.74) is 0.440. The van der Waals surface area contributed by atoms with Gasteiger partial charge in [-0.15, -0.1) is 0 Å². The molecule has 1 atom stereocenters. The van der Waals surface area contributed by atoms with Gasteiger partial charge in [0.2, 0.25) is 0 Å². The van der Waals surface area contributed by atoms with E-state index in [2.05, 4.69) is 21.2 Å². The molecule has 0 radical (unpaired) electrons. The van der Waals surface area contributed by atoms with E-state index in [1.165, 1.54) is 31.7 Å². The first-order valence-corrected chi connectivity index (χ1v) is 7.31. The van der Waals surface area contributed by atoms with Crippen LogP contribution in [0.4, 0.5) is 10.1 Å². The Kier molecular flexibility index (Phi) is 5.01. The van der Waals surface area contributed by atoms with Crippen LogP contribution in [0.3, 0.4) is 0 Å². The van der Waals surface area contributed by atoms with Crippen LogP contribution < -0.4 is 5.32 Å². The second-order valence-corrected chi connectivity index (χ2v) is 5.96. The minimum absolute atomic E-state index is 0.286. The zero-order valence-electron chi connectivity index (χ0n) is 10.3. The van der Waals surface area contributed by atoms with E-state index in [-0.39, 0.29) is 5.82 Å². The Labute approximate surface area is 116 Å². The Morgan fingerprint density at radius 3 is 2.83 bits per heavy atom. The van der Waals surface area contributed by atoms with E-state index in [9.17, 15) is 9.50 Å². The molecule has 1 aliphatic carbocycles. The van der Waals surface area contributed by atoms with Crippen molar-refractivity contribution >= 4 is 21.6 Å². The quantitative estimate of drug-likeness (QED) is 0.862. The summed E-state index contributed by atoms with van der Waals surface area (Å²) in [7, 11) is 0. The van der Waals surface area contributed by atoms with Gasteiger partial charge in [0.15, 0.2) is 0 Å². The van der Waals surface area contributed by atoms with E-state index in [4.69, 9.17) is 0 Å². The molecule has 1 unspecified atom stereocenters. The maximum atomic E-state index is 13.5. The second-order valence-electron chi connectivity index (χ2n) is 5.05. The average molecular weight is 316 g/mol. The molecule has 1 saturated carbocycles. The summed E-state index contributed by atoms with van der Waals surface area (Å²) < 4.78 is 14.3. The Balaban J connectivity index is 1.81. The predicted octanol–water partition coefficient (Wildman–Crippen LogP) is 3.94. The molecule has 18 heavy (non-hydrogen) atoms. The summed E-state index contributed by atoms with van der Waals surface area (Å²) in [6.45, 7) is 0.407. The molecule has 0 aromatic heterocycles. The van der Waals surface area contributed by atoms with Crippen LogP contribution in [0.5, 0.6) is 0 Å². The molecule has 1 aromatic rings. The van der Waals surface area contributed by atoms with Crippen LogP contribution in [0, 0.1) is 11.7 Å². The molecule has 4 heteroatoms. The van der Waals surface area contributed by atoms with Crippen molar-refractivity contribution in [3.05, 3.63) is 28.5 Å². The SMILES string of the molecule is OC(CNc1cc(Br)ccc1F)CC1CCCC1. The molecule has 2 nitrogen and oxygen atoms in total. The first-order chi connectivity index (χ1) is 8.65. The van der Waals surface area contributed by atoms with E-state index in [1.807, 2.05) is 0 Å². The Morgan fingerprint density at radius 1 is 1.39 bits per heavy atom. The summed E-state index contributed by atoms with van der Waals surface area (Å²) in [5.74, 6) is 0.362. The first-order valence-electron chi connectivity index (χ1n) is 6.52. The van der Waals surface area contributed by atoms with Crippen molar-refractivity contribution < 1.29 is 9.50 Å². The molecule has 2 rings (SSSR count). The van der Waals surface area contributed by atoms with E-state index >= 15 is 0 Å². The predicted molar refractivity (Wildman–Crippen MR) is 75.2 cm³/mol. The van der Waals surface area contributed by atoms with Crippen molar-refractivity contribution in [2.45, 2.75) is 38.2 Å². The summed E-state index contributed by atoms with van der Waals surface area (Å²) in [6.07, 6.45) is 5.44. The number of hydrogen-bond acceptors (Lipinski definition) is 2. The molecule has 0 bridgehead atoms. The number of benzene rings is 1. The number of nitrogens with one attached hydrogen (secondary N) is 1. The molecule has 100 valence electrons. The van der Waals surface area contributed by atoms with Crippen molar-refractivity contribution in [1.29, 1.82) is 0 Å². The van der Waals surface area contributed by atoms with Gasteiger partial charge in [-0.3, -0.25) is 0 Å². The van der Waals surface area contributed by atoms with Crippen LogP contribution in [-0.4, -0.2) is 17.8 Å². The normalized spacial score (nSPS) is 17.9. The van der Waals surface area contributed by atoms with Gasteiger partial charge in [0, 0.05) is 11.0 Å². The molecule has 0 heterocycles. The Hall–Kier alpha value is -0.610. The monoisotopic (exact) mass is 315 g/mol. The topological polar surface area (TPSA) is 32.3 Å². The highest BCUT2D eigenvalue weighted by Crippen LogP contribution is 2.28. The molecular weight excluding hydrogens is 297 g/mol. The van der Waals surface area contributed by atoms with Gasteiger partial charge in [-0.1, -0.05) is 41.6 Å². The number of aliphatic hydroxyl groups excluding tert-OH is 1. The van der Waals surface area contributed by atoms with Crippen molar-refractivity contribution in [3.63, 3.8) is 0 Å². The van der Waals surface area contributed by atoms with E-state index in [0.717, 1.165) is 10.9 Å². The highest BCUT2D eigenvalue weighted by Gasteiger charge is 2.18. The highest BCUT2D eigenvalue weighted by atomic mass is 79.9. The highest BCUT2D eigenvalue weighted by molar-refractivity contribution is 9.10. The first kappa shape index (κ1) is 13.8. The van der Waals surface area contributed by atoms with Crippen LogP contribution in [0.2, 0.25) is 0 Å². The van der Waals surface area contributed by atoms with Gasteiger partial charge in [-0.2, -0.15) is 0 Å². The van der Waals surface area contributed by atoms with E-state index < -0.39 is 6.10 Å². The van der Waals surface area contributed by atoms with E-state index in [0.29, 0.717) is 18.2 Å². The number of rotatable bonds is 5. The van der Waals surface area contributed by atoms with Crippen molar-refractivity contribution in [2.24, 2.45) is 5.92 Å². The van der Waals surface area contributed by atoms with Gasteiger partial charge >= 0.3 is 0 Å². The fourth-order valence-corrected chi connectivity index (χ4v) is 2.94. The lowest BCUT2D eigenvalue weighted by Crippen LogP contribution is -2.22. The van der Waals surface area contributed by atoms with Crippen LogP contribution in [0.15, 0.2) is 22.7 Å². The minimum Gasteiger partial charge on any atom is -0.391 e. The van der Waals surface area contributed by atoms with Gasteiger partial charge in [0.1, 0.15) is 5.82 Å². The van der Waals surface area contributed by atoms with Gasteiger partial charge in [0.25, 0.3) is 0 Å². The lowest BCUT2D eigenvalue weighted by molar-refractivity contribution is 0.155. The lowest BCUT2D eigenvalue weighted by atomic mass is 10.00. The Bertz CT molecular complexity index is 393. The van der Waals surface area contributed by atoms with Crippen LogP contribution >= 0.6 is 15.9 Å². The molecule has 1 fully saturated rings. The third-order valence-corrected chi connectivity index (χ3v) is 4.03. The van der Waals surface area contributed by atoms with Gasteiger partial charge in [-0.25, -0.2) is 4.39 Å². The molecular formula is C14H19BrFNO. The third-order valence-electron chi connectivity index (χ3n) is 3.54. The average Bonchev–Trinajstić information content (AvgIpc) is 2.83. The fraction of sp³-hybridized carbons (Fsp3) is 0.571. The summed E-state index contributed by atoms with van der Waals surface area (Å²) in [5, 5.41) is 12.9. The van der Waals surface area contributed by atoms with Gasteiger partial charge in [-0.05, 0) is 30.5 Å². The summed E-state index contributed by atoms with van der Waals surface area (Å²) >= 11 is 3.31. The maximum Gasteiger partial charge on any atom is 0.146 e. The molecule has 1 aliphatic rings. The molecule has 0 spiro atoms. The van der Waals surface area contributed by atoms with Crippen LogP contribution in [0.25, 0.3) is 0 Å². The van der Waals surface area contributed by atoms with Gasteiger partial charge in [0.05, 0.1) is 11.8 Å². The molecule has 2 N–H and O–H groups in total. The van der Waals surface area contributed by atoms with Crippen molar-refractivity contribution in [2.75, 3.05) is 11.9 Å². The van der Waals surface area contributed by atoms with Crippen molar-refractivity contribution in [1.82, 2.24) is 0 Å². The maximum absolute atomic E-state index is 13.5. The van der Waals surface area contributed by atoms with Crippen LogP contribution in [-0.2, 0) is 0 Å². The zero-order valence-corrected chi connectivity index (χ0v) is 11.9. The van der Waals surface area contributed by atoms with Gasteiger partial charge < -0.3 is 10.4 Å². The molecule has 0 amide bonds. The third kappa shape index (κ3) is 3.95.